The molecule has 3 aromatic rings. The maximum atomic E-state index is 12.7. The number of carbonyl (C=O) groups excluding carboxylic acids is 1. The Morgan fingerprint density at radius 1 is 1.15 bits per heavy atom. The van der Waals surface area contributed by atoms with Crippen LogP contribution in [-0.2, 0) is 19.3 Å². The van der Waals surface area contributed by atoms with Crippen molar-refractivity contribution in [3.63, 3.8) is 0 Å². The molecular weight excluding hydrogens is 437 g/mol. The molecule has 1 aliphatic rings. The van der Waals surface area contributed by atoms with Gasteiger partial charge in [-0.3, -0.25) is 19.1 Å². The van der Waals surface area contributed by atoms with E-state index in [0.717, 1.165) is 22.3 Å². The molecule has 1 saturated heterocycles. The number of nitrogens with one attached hydrogen (secondary N) is 2. The number of amides is 1. The number of H-pyrrole nitrogens is 1. The highest BCUT2D eigenvalue weighted by Crippen LogP contribution is 2.29. The van der Waals surface area contributed by atoms with Crippen molar-refractivity contribution in [3.05, 3.63) is 80.0 Å². The van der Waals surface area contributed by atoms with Crippen LogP contribution in [0.25, 0.3) is 10.9 Å². The predicted molar refractivity (Wildman–Crippen MR) is 117 cm³/mol. The van der Waals surface area contributed by atoms with Gasteiger partial charge in [0.15, 0.2) is 0 Å². The van der Waals surface area contributed by atoms with E-state index in [1.807, 2.05) is 0 Å². The number of rotatable bonds is 5. The molecule has 0 radical (unpaired) electrons. The van der Waals surface area contributed by atoms with Crippen molar-refractivity contribution in [2.75, 3.05) is 13.1 Å². The van der Waals surface area contributed by atoms with Crippen molar-refractivity contribution in [2.45, 2.75) is 38.7 Å². The summed E-state index contributed by atoms with van der Waals surface area (Å²) in [7, 11) is 0. The topological polar surface area (TPSA) is 87.2 Å². The lowest BCUT2D eigenvalue weighted by molar-refractivity contribution is -0.137. The molecule has 1 unspecified atom stereocenters. The molecule has 174 valence electrons. The van der Waals surface area contributed by atoms with Crippen molar-refractivity contribution in [2.24, 2.45) is 0 Å². The molecule has 4 rings (SSSR count). The SMILES string of the molecule is CCn1c(=O)[nH]c2cc(C(=O)NC3CCN(Cc4ccc(C(F)(F)F)cc4)C3)ccc2c1=O. The maximum Gasteiger partial charge on any atom is 0.416 e. The summed E-state index contributed by atoms with van der Waals surface area (Å²) >= 11 is 0. The Balaban J connectivity index is 1.40. The van der Waals surface area contributed by atoms with Gasteiger partial charge < -0.3 is 10.3 Å². The number of carbonyl (C=O) groups is 1. The largest absolute Gasteiger partial charge is 0.416 e. The fraction of sp³-hybridized carbons (Fsp3) is 0.348. The third-order valence-corrected chi connectivity index (χ3v) is 5.86. The number of halogens is 3. The Hall–Kier alpha value is -3.40. The van der Waals surface area contributed by atoms with Gasteiger partial charge in [0.05, 0.1) is 16.5 Å². The highest BCUT2D eigenvalue weighted by atomic mass is 19.4. The molecule has 1 aliphatic heterocycles. The molecule has 10 heteroatoms. The standard InChI is InChI=1S/C23H23F3N4O3/c1-2-30-21(32)18-8-5-15(11-19(18)28-22(30)33)20(31)27-17-9-10-29(13-17)12-14-3-6-16(7-4-14)23(24,25)26/h3-8,11,17H,2,9-10,12-13H2,1H3,(H,27,31)(H,28,33). The minimum absolute atomic E-state index is 0.116. The van der Waals surface area contributed by atoms with Crippen LogP contribution in [-0.4, -0.2) is 39.5 Å². The normalized spacial score (nSPS) is 16.9. The van der Waals surface area contributed by atoms with Gasteiger partial charge >= 0.3 is 11.9 Å². The molecule has 33 heavy (non-hydrogen) atoms. The zero-order valence-electron chi connectivity index (χ0n) is 17.9. The quantitative estimate of drug-likeness (QED) is 0.613. The zero-order chi connectivity index (χ0) is 23.8. The molecule has 7 nitrogen and oxygen atoms in total. The van der Waals surface area contributed by atoms with E-state index in [9.17, 15) is 27.6 Å². The van der Waals surface area contributed by atoms with Gasteiger partial charge in [0.25, 0.3) is 11.5 Å². The van der Waals surface area contributed by atoms with Gasteiger partial charge in [0, 0.05) is 37.8 Å². The van der Waals surface area contributed by atoms with Gasteiger partial charge in [-0.05, 0) is 49.2 Å². The third kappa shape index (κ3) is 4.85. The number of aromatic nitrogens is 2. The van der Waals surface area contributed by atoms with Gasteiger partial charge in [-0.2, -0.15) is 13.2 Å². The first-order valence-electron chi connectivity index (χ1n) is 10.6. The van der Waals surface area contributed by atoms with Crippen molar-refractivity contribution < 1.29 is 18.0 Å². The Morgan fingerprint density at radius 2 is 1.88 bits per heavy atom. The lowest BCUT2D eigenvalue weighted by Gasteiger charge is -2.17. The molecule has 2 heterocycles. The number of alkyl halides is 3. The Morgan fingerprint density at radius 3 is 2.55 bits per heavy atom. The van der Waals surface area contributed by atoms with E-state index >= 15 is 0 Å². The van der Waals surface area contributed by atoms with E-state index in [1.54, 1.807) is 13.0 Å². The van der Waals surface area contributed by atoms with Crippen molar-refractivity contribution in [1.29, 1.82) is 0 Å². The van der Waals surface area contributed by atoms with Crippen molar-refractivity contribution in [3.8, 4) is 0 Å². The van der Waals surface area contributed by atoms with Crippen LogP contribution >= 0.6 is 0 Å². The highest BCUT2D eigenvalue weighted by molar-refractivity contribution is 5.97. The number of fused-ring (bicyclic) bond motifs is 1. The molecule has 2 N–H and O–H groups in total. The smallest absolute Gasteiger partial charge is 0.348 e. The van der Waals surface area contributed by atoms with Crippen molar-refractivity contribution in [1.82, 2.24) is 19.8 Å². The molecule has 0 bridgehead atoms. The molecule has 2 aromatic carbocycles. The summed E-state index contributed by atoms with van der Waals surface area (Å²) in [5.74, 6) is -0.321. The second kappa shape index (κ2) is 8.86. The summed E-state index contributed by atoms with van der Waals surface area (Å²) in [6.45, 7) is 3.71. The van der Waals surface area contributed by atoms with Crippen LogP contribution in [0.5, 0.6) is 0 Å². The van der Waals surface area contributed by atoms with Crippen LogP contribution in [0.3, 0.4) is 0 Å². The minimum atomic E-state index is -4.36. The second-order valence-electron chi connectivity index (χ2n) is 8.13. The number of aromatic amines is 1. The van der Waals surface area contributed by atoms with Gasteiger partial charge in [-0.15, -0.1) is 0 Å². The minimum Gasteiger partial charge on any atom is -0.348 e. The van der Waals surface area contributed by atoms with E-state index in [-0.39, 0.29) is 18.5 Å². The molecule has 1 amide bonds. The van der Waals surface area contributed by atoms with E-state index in [0.29, 0.717) is 42.5 Å². The lowest BCUT2D eigenvalue weighted by Crippen LogP contribution is -2.37. The summed E-state index contributed by atoms with van der Waals surface area (Å²) in [5, 5.41) is 3.28. The molecule has 0 aliphatic carbocycles. The van der Waals surface area contributed by atoms with Crippen LogP contribution in [0.2, 0.25) is 0 Å². The summed E-state index contributed by atoms with van der Waals surface area (Å²) in [4.78, 5) is 41.8. The molecule has 0 spiro atoms. The Labute approximate surface area is 186 Å². The number of likely N-dealkylation sites (tertiary alicyclic amines) is 1. The van der Waals surface area contributed by atoms with Crippen LogP contribution < -0.4 is 16.6 Å². The summed E-state index contributed by atoms with van der Waals surface area (Å²) < 4.78 is 39.2. The average Bonchev–Trinajstić information content (AvgIpc) is 3.20. The lowest BCUT2D eigenvalue weighted by atomic mass is 10.1. The van der Waals surface area contributed by atoms with Gasteiger partial charge in [0.1, 0.15) is 0 Å². The molecule has 1 aromatic heterocycles. The second-order valence-corrected chi connectivity index (χ2v) is 8.13. The highest BCUT2D eigenvalue weighted by Gasteiger charge is 2.30. The summed E-state index contributed by atoms with van der Waals surface area (Å²) in [5.41, 5.74) is -0.208. The fourth-order valence-corrected chi connectivity index (χ4v) is 4.10. The summed E-state index contributed by atoms with van der Waals surface area (Å²) in [6, 6.07) is 9.53. The number of hydrogen-bond acceptors (Lipinski definition) is 4. The van der Waals surface area contributed by atoms with Gasteiger partial charge in [-0.25, -0.2) is 4.79 Å². The van der Waals surface area contributed by atoms with E-state index in [1.165, 1.54) is 24.3 Å². The van der Waals surface area contributed by atoms with Crippen LogP contribution in [0.4, 0.5) is 13.2 Å². The zero-order valence-corrected chi connectivity index (χ0v) is 17.9. The average molecular weight is 460 g/mol. The number of hydrogen-bond donors (Lipinski definition) is 2. The first-order valence-corrected chi connectivity index (χ1v) is 10.6. The Bertz CT molecular complexity index is 1300. The van der Waals surface area contributed by atoms with Gasteiger partial charge in [-0.1, -0.05) is 12.1 Å². The first kappa shape index (κ1) is 22.8. The maximum absolute atomic E-state index is 12.7. The molecule has 0 saturated carbocycles. The molecule has 1 fully saturated rings. The van der Waals surface area contributed by atoms with Crippen LogP contribution in [0.15, 0.2) is 52.1 Å². The molecular formula is C23H23F3N4O3. The van der Waals surface area contributed by atoms with Crippen molar-refractivity contribution >= 4 is 16.8 Å². The van der Waals surface area contributed by atoms with Crippen LogP contribution in [0.1, 0.15) is 34.8 Å². The predicted octanol–water partition coefficient (Wildman–Crippen LogP) is 2.73. The summed E-state index contributed by atoms with van der Waals surface area (Å²) in [6.07, 6.45) is -3.65. The first-order chi connectivity index (χ1) is 15.7. The number of benzene rings is 2. The van der Waals surface area contributed by atoms with E-state index in [2.05, 4.69) is 15.2 Å². The monoisotopic (exact) mass is 460 g/mol. The van der Waals surface area contributed by atoms with Gasteiger partial charge in [0.2, 0.25) is 0 Å². The third-order valence-electron chi connectivity index (χ3n) is 5.86. The van der Waals surface area contributed by atoms with E-state index in [4.69, 9.17) is 0 Å². The molecule has 1 atom stereocenters. The number of nitrogens with zero attached hydrogens (tertiary/aromatic N) is 2. The fourth-order valence-electron chi connectivity index (χ4n) is 4.10. The van der Waals surface area contributed by atoms with Crippen LogP contribution in [0, 0.1) is 0 Å². The Kier molecular flexibility index (Phi) is 6.11. The van der Waals surface area contributed by atoms with E-state index < -0.39 is 23.0 Å².